The van der Waals surface area contributed by atoms with Crippen molar-refractivity contribution in [2.45, 2.75) is 0 Å². The third-order valence-electron chi connectivity index (χ3n) is 9.22. The molecule has 1 nitrogen and oxygen atoms in total. The predicted octanol–water partition coefficient (Wildman–Crippen LogP) is 12.7. The lowest BCUT2D eigenvalue weighted by molar-refractivity contribution is 0.633. The molecule has 0 spiro atoms. The molecule has 0 aliphatic heterocycles. The normalized spacial score (nSPS) is 12.1. The van der Waals surface area contributed by atoms with Crippen LogP contribution < -0.4 is 0 Å². The highest BCUT2D eigenvalue weighted by Crippen LogP contribution is 2.49. The van der Waals surface area contributed by atoms with E-state index in [1.54, 1.807) is 0 Å². The van der Waals surface area contributed by atoms with Gasteiger partial charge in [-0.3, -0.25) is 0 Å². The van der Waals surface area contributed by atoms with Crippen LogP contribution in [0.3, 0.4) is 0 Å². The van der Waals surface area contributed by atoms with E-state index in [0.29, 0.717) is 0 Å². The van der Waals surface area contributed by atoms with E-state index in [1.807, 2.05) is 11.3 Å². The van der Waals surface area contributed by atoms with Gasteiger partial charge in [-0.2, -0.15) is 0 Å². The van der Waals surface area contributed by atoms with Gasteiger partial charge in [-0.25, -0.2) is 0 Å². The summed E-state index contributed by atoms with van der Waals surface area (Å²) in [4.78, 5) is 0. The van der Waals surface area contributed by atoms with Crippen LogP contribution >= 0.6 is 11.3 Å². The van der Waals surface area contributed by atoms with E-state index in [-0.39, 0.29) is 0 Å². The standard InChI is InChI=1S/C42H24OS/c1-2-12-27-23-36-28(22-26(27)11-1)24-37(43-36)40-32-16-7-5-14-30(32)39(31-15-6-8-17-33(31)40)34-18-9-19-38-41(34)35-21-20-25-10-3-4-13-29(25)42(35)44-38/h1-24H. The lowest BCUT2D eigenvalue weighted by Gasteiger charge is -2.17. The molecule has 204 valence electrons. The minimum absolute atomic E-state index is 0.903. The first-order chi connectivity index (χ1) is 21.8. The molecule has 44 heavy (non-hydrogen) atoms. The van der Waals surface area contributed by atoms with Gasteiger partial charge in [0.1, 0.15) is 11.3 Å². The summed E-state index contributed by atoms with van der Waals surface area (Å²) in [6.45, 7) is 0. The molecule has 0 saturated heterocycles. The highest BCUT2D eigenvalue weighted by atomic mass is 32.1. The van der Waals surface area contributed by atoms with Crippen LogP contribution in [-0.2, 0) is 0 Å². The molecule has 0 N–H and O–H groups in total. The third-order valence-corrected chi connectivity index (χ3v) is 10.4. The smallest absolute Gasteiger partial charge is 0.136 e. The third kappa shape index (κ3) is 3.35. The predicted molar refractivity (Wildman–Crippen MR) is 190 cm³/mol. The van der Waals surface area contributed by atoms with E-state index >= 15 is 0 Å². The molecule has 2 aromatic heterocycles. The first-order valence-corrected chi connectivity index (χ1v) is 15.8. The van der Waals surface area contributed by atoms with Crippen molar-refractivity contribution in [2.75, 3.05) is 0 Å². The van der Waals surface area contributed by atoms with E-state index in [1.165, 1.54) is 74.4 Å². The zero-order valence-electron chi connectivity index (χ0n) is 23.7. The van der Waals surface area contributed by atoms with Crippen LogP contribution in [0.4, 0.5) is 0 Å². The fourth-order valence-electron chi connectivity index (χ4n) is 7.30. The molecule has 10 rings (SSSR count). The number of furan rings is 1. The van der Waals surface area contributed by atoms with Crippen LogP contribution in [-0.4, -0.2) is 0 Å². The Labute approximate surface area is 257 Å². The van der Waals surface area contributed by atoms with Gasteiger partial charge in [-0.15, -0.1) is 11.3 Å². The minimum atomic E-state index is 0.903. The van der Waals surface area contributed by atoms with Crippen molar-refractivity contribution in [1.29, 1.82) is 0 Å². The van der Waals surface area contributed by atoms with Gasteiger partial charge < -0.3 is 4.42 Å². The summed E-state index contributed by atoms with van der Waals surface area (Å²) in [6.07, 6.45) is 0. The van der Waals surface area contributed by atoms with Gasteiger partial charge in [-0.05, 0) is 78.5 Å². The molecule has 0 amide bonds. The van der Waals surface area contributed by atoms with Crippen molar-refractivity contribution in [3.63, 3.8) is 0 Å². The van der Waals surface area contributed by atoms with Gasteiger partial charge in [-0.1, -0.05) is 121 Å². The zero-order chi connectivity index (χ0) is 28.8. The Morgan fingerprint density at radius 2 is 1.02 bits per heavy atom. The second-order valence-corrected chi connectivity index (χ2v) is 12.7. The molecule has 0 saturated carbocycles. The quantitative estimate of drug-likeness (QED) is 0.187. The fourth-order valence-corrected chi connectivity index (χ4v) is 8.56. The average Bonchev–Trinajstić information content (AvgIpc) is 3.67. The Hall–Kier alpha value is -5.44. The number of fused-ring (bicyclic) bond motifs is 9. The Balaban J connectivity index is 1.32. The highest BCUT2D eigenvalue weighted by Gasteiger charge is 2.21. The Morgan fingerprint density at radius 1 is 0.409 bits per heavy atom. The van der Waals surface area contributed by atoms with Gasteiger partial charge in [0.2, 0.25) is 0 Å². The zero-order valence-corrected chi connectivity index (χ0v) is 24.5. The molecule has 0 bridgehead atoms. The van der Waals surface area contributed by atoms with Crippen LogP contribution in [0.1, 0.15) is 0 Å². The van der Waals surface area contributed by atoms with Gasteiger partial charge in [0, 0.05) is 31.1 Å². The second-order valence-electron chi connectivity index (χ2n) is 11.6. The molecule has 0 aliphatic carbocycles. The summed E-state index contributed by atoms with van der Waals surface area (Å²) in [7, 11) is 0. The summed E-state index contributed by atoms with van der Waals surface area (Å²) in [5.74, 6) is 0.903. The molecule has 0 unspecified atom stereocenters. The van der Waals surface area contributed by atoms with Crippen LogP contribution in [0, 0.1) is 0 Å². The fraction of sp³-hybridized carbons (Fsp3) is 0. The van der Waals surface area contributed by atoms with Crippen LogP contribution in [0.5, 0.6) is 0 Å². The van der Waals surface area contributed by atoms with Gasteiger partial charge in [0.05, 0.1) is 0 Å². The maximum Gasteiger partial charge on any atom is 0.136 e. The number of hydrogen-bond acceptors (Lipinski definition) is 2. The van der Waals surface area contributed by atoms with Gasteiger partial charge >= 0.3 is 0 Å². The number of rotatable bonds is 2. The Morgan fingerprint density at radius 3 is 1.75 bits per heavy atom. The van der Waals surface area contributed by atoms with Gasteiger partial charge in [0.15, 0.2) is 0 Å². The van der Waals surface area contributed by atoms with Gasteiger partial charge in [0.25, 0.3) is 0 Å². The van der Waals surface area contributed by atoms with Crippen molar-refractivity contribution in [2.24, 2.45) is 0 Å². The number of hydrogen-bond donors (Lipinski definition) is 0. The summed E-state index contributed by atoms with van der Waals surface area (Å²) in [6, 6.07) is 52.9. The molecule has 10 aromatic rings. The van der Waals surface area contributed by atoms with Crippen molar-refractivity contribution in [1.82, 2.24) is 0 Å². The topological polar surface area (TPSA) is 13.1 Å². The lowest BCUT2D eigenvalue weighted by atomic mass is 9.86. The van der Waals surface area contributed by atoms with Crippen LogP contribution in [0.25, 0.3) is 96.7 Å². The molecule has 2 heterocycles. The summed E-state index contributed by atoms with van der Waals surface area (Å²) in [5, 5.41) is 13.7. The molecule has 0 fully saturated rings. The number of benzene rings is 8. The highest BCUT2D eigenvalue weighted by molar-refractivity contribution is 7.26. The largest absolute Gasteiger partial charge is 0.456 e. The number of thiophene rings is 1. The molecule has 8 aromatic carbocycles. The average molecular weight is 577 g/mol. The Kier molecular flexibility index (Phi) is 4.94. The van der Waals surface area contributed by atoms with Crippen LogP contribution in [0.15, 0.2) is 150 Å². The summed E-state index contributed by atoms with van der Waals surface area (Å²) < 4.78 is 9.35. The minimum Gasteiger partial charge on any atom is -0.456 e. The van der Waals surface area contributed by atoms with Crippen molar-refractivity contribution in [3.05, 3.63) is 146 Å². The summed E-state index contributed by atoms with van der Waals surface area (Å²) >= 11 is 1.90. The van der Waals surface area contributed by atoms with E-state index in [0.717, 1.165) is 22.3 Å². The molecular weight excluding hydrogens is 553 g/mol. The Bertz CT molecular complexity index is 2670. The van der Waals surface area contributed by atoms with Crippen molar-refractivity contribution < 1.29 is 4.42 Å². The maximum atomic E-state index is 6.68. The lowest BCUT2D eigenvalue weighted by Crippen LogP contribution is -1.90. The van der Waals surface area contributed by atoms with E-state index < -0.39 is 0 Å². The molecule has 0 atom stereocenters. The first kappa shape index (κ1) is 24.0. The van der Waals surface area contributed by atoms with Crippen LogP contribution in [0.2, 0.25) is 0 Å². The SMILES string of the molecule is c1ccc2cc3oc(-c4c5ccccc5c(-c5cccc6sc7c8ccccc8ccc7c56)c5ccccc45)cc3cc2c1. The molecular formula is C42H24OS. The first-order valence-electron chi connectivity index (χ1n) is 15.0. The maximum absolute atomic E-state index is 6.68. The second kappa shape index (κ2) is 9.03. The summed E-state index contributed by atoms with van der Waals surface area (Å²) in [5.41, 5.74) is 4.62. The van der Waals surface area contributed by atoms with E-state index in [2.05, 4.69) is 146 Å². The monoisotopic (exact) mass is 576 g/mol. The molecule has 2 heteroatoms. The molecule has 0 radical (unpaired) electrons. The van der Waals surface area contributed by atoms with E-state index in [9.17, 15) is 0 Å². The van der Waals surface area contributed by atoms with Crippen molar-refractivity contribution in [3.8, 4) is 22.5 Å². The van der Waals surface area contributed by atoms with E-state index in [4.69, 9.17) is 4.42 Å². The molecule has 0 aliphatic rings. The van der Waals surface area contributed by atoms with Crippen molar-refractivity contribution >= 4 is 85.6 Å².